The third-order valence-corrected chi connectivity index (χ3v) is 2.28. The summed E-state index contributed by atoms with van der Waals surface area (Å²) in [5, 5.41) is 8.77. The highest BCUT2D eigenvalue weighted by molar-refractivity contribution is 5.19. The predicted octanol–water partition coefficient (Wildman–Crippen LogP) is 1.54. The van der Waals surface area contributed by atoms with Crippen LogP contribution in [0.4, 0.5) is 0 Å². The van der Waals surface area contributed by atoms with Gasteiger partial charge in [0, 0.05) is 31.3 Å². The molecule has 15 heavy (non-hydrogen) atoms. The fourth-order valence-corrected chi connectivity index (χ4v) is 1.53. The smallest absolute Gasteiger partial charge is 0.110 e. The van der Waals surface area contributed by atoms with Gasteiger partial charge in [0.25, 0.3) is 0 Å². The summed E-state index contributed by atoms with van der Waals surface area (Å²) in [5.41, 5.74) is 2.23. The van der Waals surface area contributed by atoms with Crippen LogP contribution >= 0.6 is 0 Å². The number of aliphatic hydroxyl groups is 1. The maximum Gasteiger partial charge on any atom is 0.110 e. The standard InChI is InChI=1S/C12H14N2O/c15-7-6-11-9-13-12(14-11)8-10-4-2-1-3-5-10/h1-5,9,15H,6-8H2,(H,13,14). The van der Waals surface area contributed by atoms with Crippen LogP contribution in [-0.2, 0) is 12.8 Å². The van der Waals surface area contributed by atoms with Gasteiger partial charge in [0.2, 0.25) is 0 Å². The number of hydrogen-bond acceptors (Lipinski definition) is 2. The molecule has 1 aromatic carbocycles. The number of H-pyrrole nitrogens is 1. The first-order valence-corrected chi connectivity index (χ1v) is 5.06. The molecule has 0 bridgehead atoms. The second kappa shape index (κ2) is 4.75. The van der Waals surface area contributed by atoms with E-state index in [4.69, 9.17) is 5.11 Å². The maximum absolute atomic E-state index is 8.77. The van der Waals surface area contributed by atoms with E-state index in [1.165, 1.54) is 5.56 Å². The zero-order valence-corrected chi connectivity index (χ0v) is 8.48. The van der Waals surface area contributed by atoms with Crippen molar-refractivity contribution in [1.82, 2.24) is 9.97 Å². The summed E-state index contributed by atoms with van der Waals surface area (Å²) in [4.78, 5) is 7.45. The van der Waals surface area contributed by atoms with Gasteiger partial charge in [0.05, 0.1) is 0 Å². The number of hydrogen-bond donors (Lipinski definition) is 2. The molecule has 0 radical (unpaired) electrons. The minimum Gasteiger partial charge on any atom is -0.396 e. The van der Waals surface area contributed by atoms with Gasteiger partial charge in [-0.15, -0.1) is 0 Å². The van der Waals surface area contributed by atoms with Crippen molar-refractivity contribution in [2.24, 2.45) is 0 Å². The molecule has 0 atom stereocenters. The van der Waals surface area contributed by atoms with E-state index < -0.39 is 0 Å². The van der Waals surface area contributed by atoms with Gasteiger partial charge >= 0.3 is 0 Å². The fourth-order valence-electron chi connectivity index (χ4n) is 1.53. The monoisotopic (exact) mass is 202 g/mol. The van der Waals surface area contributed by atoms with E-state index in [9.17, 15) is 0 Å². The molecule has 0 aliphatic rings. The number of benzene rings is 1. The molecule has 0 saturated carbocycles. The molecule has 2 aromatic rings. The molecule has 3 nitrogen and oxygen atoms in total. The lowest BCUT2D eigenvalue weighted by atomic mass is 10.1. The molecule has 0 saturated heterocycles. The van der Waals surface area contributed by atoms with E-state index in [0.717, 1.165) is 17.9 Å². The van der Waals surface area contributed by atoms with Gasteiger partial charge in [-0.3, -0.25) is 0 Å². The Labute approximate surface area is 88.8 Å². The summed E-state index contributed by atoms with van der Waals surface area (Å²) in [6.07, 6.45) is 3.24. The molecular weight excluding hydrogens is 188 g/mol. The normalized spacial score (nSPS) is 10.5. The molecule has 0 fully saturated rings. The van der Waals surface area contributed by atoms with Gasteiger partial charge in [-0.05, 0) is 5.56 Å². The van der Waals surface area contributed by atoms with E-state index in [-0.39, 0.29) is 6.61 Å². The number of nitrogens with one attached hydrogen (secondary N) is 1. The molecule has 0 unspecified atom stereocenters. The van der Waals surface area contributed by atoms with E-state index >= 15 is 0 Å². The van der Waals surface area contributed by atoms with Crippen molar-refractivity contribution in [2.45, 2.75) is 12.8 Å². The molecule has 1 heterocycles. The maximum atomic E-state index is 8.77. The molecule has 3 heteroatoms. The highest BCUT2D eigenvalue weighted by Gasteiger charge is 2.00. The van der Waals surface area contributed by atoms with E-state index in [2.05, 4.69) is 22.1 Å². The van der Waals surface area contributed by atoms with Gasteiger partial charge in [-0.2, -0.15) is 0 Å². The summed E-state index contributed by atoms with van der Waals surface area (Å²) in [5.74, 6) is 0.949. The summed E-state index contributed by atoms with van der Waals surface area (Å²) in [6.45, 7) is 0.160. The van der Waals surface area contributed by atoms with Crippen molar-refractivity contribution < 1.29 is 5.11 Å². The minimum atomic E-state index is 0.160. The highest BCUT2D eigenvalue weighted by Crippen LogP contribution is 2.06. The Morgan fingerprint density at radius 1 is 1.20 bits per heavy atom. The van der Waals surface area contributed by atoms with Gasteiger partial charge in [-0.25, -0.2) is 4.98 Å². The zero-order valence-electron chi connectivity index (χ0n) is 8.48. The van der Waals surface area contributed by atoms with Gasteiger partial charge in [-0.1, -0.05) is 30.3 Å². The van der Waals surface area contributed by atoms with Crippen molar-refractivity contribution in [2.75, 3.05) is 6.61 Å². The van der Waals surface area contributed by atoms with Crippen LogP contribution in [0.2, 0.25) is 0 Å². The second-order valence-electron chi connectivity index (χ2n) is 3.49. The minimum absolute atomic E-state index is 0.160. The summed E-state index contributed by atoms with van der Waals surface area (Å²) < 4.78 is 0. The van der Waals surface area contributed by atoms with Crippen LogP contribution in [0.25, 0.3) is 0 Å². The average Bonchev–Trinajstić information content (AvgIpc) is 2.68. The van der Waals surface area contributed by atoms with Crippen LogP contribution < -0.4 is 0 Å². The van der Waals surface area contributed by atoms with Crippen molar-refractivity contribution in [3.8, 4) is 0 Å². The summed E-state index contributed by atoms with van der Waals surface area (Å²) in [7, 11) is 0. The van der Waals surface area contributed by atoms with Crippen molar-refractivity contribution in [3.63, 3.8) is 0 Å². The van der Waals surface area contributed by atoms with E-state index in [0.29, 0.717) is 6.42 Å². The Bertz CT molecular complexity index is 409. The SMILES string of the molecule is OCCc1cnc(Cc2ccccc2)[nH]1. The number of rotatable bonds is 4. The van der Waals surface area contributed by atoms with Crippen LogP contribution in [0, 0.1) is 0 Å². The molecule has 2 rings (SSSR count). The highest BCUT2D eigenvalue weighted by atomic mass is 16.3. The Morgan fingerprint density at radius 2 is 2.00 bits per heavy atom. The lowest BCUT2D eigenvalue weighted by molar-refractivity contribution is 0.298. The average molecular weight is 202 g/mol. The third-order valence-electron chi connectivity index (χ3n) is 2.28. The van der Waals surface area contributed by atoms with E-state index in [1.807, 2.05) is 18.2 Å². The molecule has 0 amide bonds. The number of aromatic amines is 1. The predicted molar refractivity (Wildman–Crippen MR) is 58.6 cm³/mol. The van der Waals surface area contributed by atoms with Crippen LogP contribution in [0.15, 0.2) is 36.5 Å². The van der Waals surface area contributed by atoms with Gasteiger partial charge < -0.3 is 10.1 Å². The van der Waals surface area contributed by atoms with Gasteiger partial charge in [0.1, 0.15) is 5.82 Å². The lowest BCUT2D eigenvalue weighted by Gasteiger charge is -1.97. The fraction of sp³-hybridized carbons (Fsp3) is 0.250. The first-order chi connectivity index (χ1) is 7.38. The zero-order chi connectivity index (χ0) is 10.5. The summed E-state index contributed by atoms with van der Waals surface area (Å²) in [6, 6.07) is 10.2. The van der Waals surface area contributed by atoms with Crippen LogP contribution in [-0.4, -0.2) is 21.7 Å². The molecule has 2 N–H and O–H groups in total. The number of imidazole rings is 1. The number of aromatic nitrogens is 2. The molecule has 0 spiro atoms. The first-order valence-electron chi connectivity index (χ1n) is 5.06. The van der Waals surface area contributed by atoms with Crippen molar-refractivity contribution in [1.29, 1.82) is 0 Å². The second-order valence-corrected chi connectivity index (χ2v) is 3.49. The Morgan fingerprint density at radius 3 is 2.73 bits per heavy atom. The lowest BCUT2D eigenvalue weighted by Crippen LogP contribution is -1.93. The molecule has 0 aliphatic carbocycles. The van der Waals surface area contributed by atoms with E-state index in [1.54, 1.807) is 6.20 Å². The Hall–Kier alpha value is -1.61. The molecule has 78 valence electrons. The molecular formula is C12H14N2O. The largest absolute Gasteiger partial charge is 0.396 e. The van der Waals surface area contributed by atoms with Crippen LogP contribution in [0.3, 0.4) is 0 Å². The Kier molecular flexibility index (Phi) is 3.15. The van der Waals surface area contributed by atoms with Crippen LogP contribution in [0.5, 0.6) is 0 Å². The third kappa shape index (κ3) is 2.67. The molecule has 0 aliphatic heterocycles. The molecule has 1 aromatic heterocycles. The topological polar surface area (TPSA) is 48.9 Å². The quantitative estimate of drug-likeness (QED) is 0.790. The number of aliphatic hydroxyl groups excluding tert-OH is 1. The van der Waals surface area contributed by atoms with Gasteiger partial charge in [0.15, 0.2) is 0 Å². The van der Waals surface area contributed by atoms with Crippen molar-refractivity contribution >= 4 is 0 Å². The first kappa shape index (κ1) is 9.93. The summed E-state index contributed by atoms with van der Waals surface area (Å²) >= 11 is 0. The number of nitrogens with zero attached hydrogens (tertiary/aromatic N) is 1. The Balaban J connectivity index is 2.05. The van der Waals surface area contributed by atoms with Crippen LogP contribution in [0.1, 0.15) is 17.1 Å². The van der Waals surface area contributed by atoms with Crippen molar-refractivity contribution in [3.05, 3.63) is 53.6 Å².